The van der Waals surface area contributed by atoms with Crippen LogP contribution in [-0.4, -0.2) is 34.6 Å². The monoisotopic (exact) mass is 408 g/mol. The highest BCUT2D eigenvalue weighted by Crippen LogP contribution is 2.26. The van der Waals surface area contributed by atoms with E-state index in [4.69, 9.17) is 11.6 Å². The molecule has 0 atom stereocenters. The molecule has 1 fully saturated rings. The number of hydrogen-bond donors (Lipinski definition) is 1. The Morgan fingerprint density at radius 1 is 1.19 bits per heavy atom. The highest BCUT2D eigenvalue weighted by molar-refractivity contribution is 7.89. The number of esters is 1. The number of ether oxygens (including phenoxy) is 1. The molecule has 0 aromatic heterocycles. The van der Waals surface area contributed by atoms with Gasteiger partial charge in [-0.25, -0.2) is 17.9 Å². The lowest BCUT2D eigenvalue weighted by molar-refractivity contribution is 0.0600. The van der Waals surface area contributed by atoms with Crippen LogP contribution in [0.1, 0.15) is 28.8 Å². The summed E-state index contributed by atoms with van der Waals surface area (Å²) in [5.41, 5.74) is 2.15. The van der Waals surface area contributed by atoms with Crippen LogP contribution in [0.4, 0.5) is 5.69 Å². The van der Waals surface area contributed by atoms with Crippen LogP contribution < -0.4 is 9.62 Å². The molecule has 0 spiro atoms. The van der Waals surface area contributed by atoms with Crippen LogP contribution >= 0.6 is 11.6 Å². The number of carbonyl (C=O) groups excluding carboxylic acids is 1. The molecule has 144 valence electrons. The van der Waals surface area contributed by atoms with Crippen molar-refractivity contribution in [1.29, 1.82) is 0 Å². The lowest BCUT2D eigenvalue weighted by Crippen LogP contribution is -2.26. The number of sulfonamides is 1. The van der Waals surface area contributed by atoms with Gasteiger partial charge in [0.1, 0.15) is 4.90 Å². The van der Waals surface area contributed by atoms with Gasteiger partial charge in [0, 0.05) is 25.3 Å². The van der Waals surface area contributed by atoms with Crippen molar-refractivity contribution in [3.63, 3.8) is 0 Å². The molecule has 1 N–H and O–H groups in total. The number of hydrogen-bond acceptors (Lipinski definition) is 5. The summed E-state index contributed by atoms with van der Waals surface area (Å²) in [6, 6.07) is 11.7. The van der Waals surface area contributed by atoms with Crippen LogP contribution in [-0.2, 0) is 21.3 Å². The molecule has 0 aliphatic carbocycles. The van der Waals surface area contributed by atoms with Gasteiger partial charge in [0.15, 0.2) is 0 Å². The van der Waals surface area contributed by atoms with Crippen LogP contribution in [0.25, 0.3) is 0 Å². The van der Waals surface area contributed by atoms with Gasteiger partial charge in [0.2, 0.25) is 10.0 Å². The maximum atomic E-state index is 12.7. The number of anilines is 1. The third-order valence-corrected chi connectivity index (χ3v) is 6.42. The third kappa shape index (κ3) is 4.43. The predicted octanol–water partition coefficient (Wildman–Crippen LogP) is 3.21. The normalized spacial score (nSPS) is 14.4. The fraction of sp³-hybridized carbons (Fsp3) is 0.316. The SMILES string of the molecule is COC(=O)c1ccc(S(=O)(=O)NCc2ccccc2N2CCCC2)c(Cl)c1. The summed E-state index contributed by atoms with van der Waals surface area (Å²) in [5, 5.41) is -0.0294. The van der Waals surface area contributed by atoms with E-state index in [2.05, 4.69) is 14.4 Å². The maximum absolute atomic E-state index is 12.7. The Bertz CT molecular complexity index is 940. The van der Waals surface area contributed by atoms with Gasteiger partial charge in [0.25, 0.3) is 0 Å². The Balaban J connectivity index is 1.79. The van der Waals surface area contributed by atoms with Crippen LogP contribution in [0.2, 0.25) is 5.02 Å². The van der Waals surface area contributed by atoms with Crippen LogP contribution in [0.15, 0.2) is 47.4 Å². The fourth-order valence-electron chi connectivity index (χ4n) is 3.14. The first kappa shape index (κ1) is 19.7. The predicted molar refractivity (Wildman–Crippen MR) is 105 cm³/mol. The van der Waals surface area contributed by atoms with Crippen molar-refractivity contribution < 1.29 is 17.9 Å². The zero-order valence-electron chi connectivity index (χ0n) is 14.9. The second kappa shape index (κ2) is 8.29. The number of benzene rings is 2. The molecule has 1 aliphatic rings. The fourth-order valence-corrected chi connectivity index (χ4v) is 4.69. The number of para-hydroxylation sites is 1. The van der Waals surface area contributed by atoms with Gasteiger partial charge in [0.05, 0.1) is 17.7 Å². The topological polar surface area (TPSA) is 75.7 Å². The van der Waals surface area contributed by atoms with E-state index in [0.29, 0.717) is 0 Å². The van der Waals surface area contributed by atoms with Gasteiger partial charge in [-0.3, -0.25) is 0 Å². The molecule has 8 heteroatoms. The van der Waals surface area contributed by atoms with E-state index in [-0.39, 0.29) is 22.0 Å². The lowest BCUT2D eigenvalue weighted by Gasteiger charge is -2.21. The molecular formula is C19H21ClN2O4S. The molecule has 2 aromatic carbocycles. The van der Waals surface area contributed by atoms with E-state index in [0.717, 1.165) is 37.2 Å². The van der Waals surface area contributed by atoms with Gasteiger partial charge >= 0.3 is 5.97 Å². The summed E-state index contributed by atoms with van der Waals surface area (Å²) in [6.07, 6.45) is 2.28. The van der Waals surface area contributed by atoms with E-state index in [1.807, 2.05) is 24.3 Å². The number of halogens is 1. The molecule has 27 heavy (non-hydrogen) atoms. The molecule has 1 aliphatic heterocycles. The van der Waals surface area contributed by atoms with Crippen molar-refractivity contribution in [1.82, 2.24) is 4.72 Å². The number of methoxy groups -OCH3 is 1. The Morgan fingerprint density at radius 3 is 2.56 bits per heavy atom. The van der Waals surface area contributed by atoms with Gasteiger partial charge < -0.3 is 9.64 Å². The summed E-state index contributed by atoms with van der Waals surface area (Å²) >= 11 is 6.10. The zero-order valence-corrected chi connectivity index (χ0v) is 16.5. The van der Waals surface area contributed by atoms with E-state index in [1.54, 1.807) is 0 Å². The first-order valence-corrected chi connectivity index (χ1v) is 10.5. The Labute approximate surface area is 164 Å². The highest BCUT2D eigenvalue weighted by atomic mass is 35.5. The van der Waals surface area contributed by atoms with Crippen molar-refractivity contribution in [3.8, 4) is 0 Å². The molecular weight excluding hydrogens is 388 g/mol. The van der Waals surface area contributed by atoms with E-state index >= 15 is 0 Å². The molecule has 0 radical (unpaired) electrons. The average Bonchev–Trinajstić information content (AvgIpc) is 3.20. The smallest absolute Gasteiger partial charge is 0.337 e. The van der Waals surface area contributed by atoms with Gasteiger partial charge in [-0.15, -0.1) is 0 Å². The second-order valence-corrected chi connectivity index (χ2v) is 8.43. The minimum atomic E-state index is -3.83. The Morgan fingerprint density at radius 2 is 1.89 bits per heavy atom. The standard InChI is InChI=1S/C19H21ClN2O4S/c1-26-19(23)14-8-9-18(16(20)12-14)27(24,25)21-13-15-6-2-3-7-17(15)22-10-4-5-11-22/h2-3,6-9,12,21H,4-5,10-11,13H2,1H3. The number of carbonyl (C=O) groups is 1. The van der Waals surface area contributed by atoms with Crippen molar-refractivity contribution in [2.75, 3.05) is 25.1 Å². The molecule has 0 saturated carbocycles. The molecule has 1 saturated heterocycles. The Hall–Kier alpha value is -2.09. The van der Waals surface area contributed by atoms with Crippen molar-refractivity contribution >= 4 is 33.3 Å². The van der Waals surface area contributed by atoms with E-state index in [1.165, 1.54) is 25.3 Å². The average molecular weight is 409 g/mol. The first-order valence-electron chi connectivity index (χ1n) is 8.63. The minimum Gasteiger partial charge on any atom is -0.465 e. The van der Waals surface area contributed by atoms with Crippen molar-refractivity contribution in [3.05, 3.63) is 58.6 Å². The van der Waals surface area contributed by atoms with Gasteiger partial charge in [-0.1, -0.05) is 29.8 Å². The first-order chi connectivity index (χ1) is 12.9. The molecule has 3 rings (SSSR count). The van der Waals surface area contributed by atoms with Gasteiger partial charge in [-0.2, -0.15) is 0 Å². The summed E-state index contributed by atoms with van der Waals surface area (Å²) < 4.78 is 32.6. The molecule has 0 bridgehead atoms. The molecule has 2 aromatic rings. The van der Waals surface area contributed by atoms with Crippen molar-refractivity contribution in [2.24, 2.45) is 0 Å². The largest absolute Gasteiger partial charge is 0.465 e. The third-order valence-electron chi connectivity index (χ3n) is 4.53. The summed E-state index contributed by atoms with van der Waals surface area (Å²) in [6.45, 7) is 2.11. The van der Waals surface area contributed by atoms with E-state index in [9.17, 15) is 13.2 Å². The number of rotatable bonds is 6. The van der Waals surface area contributed by atoms with Crippen LogP contribution in [0, 0.1) is 0 Å². The molecule has 0 amide bonds. The van der Waals surface area contributed by atoms with Crippen molar-refractivity contribution in [2.45, 2.75) is 24.3 Å². The van der Waals surface area contributed by atoms with E-state index < -0.39 is 16.0 Å². The molecule has 6 nitrogen and oxygen atoms in total. The van der Waals surface area contributed by atoms with Crippen LogP contribution in [0.5, 0.6) is 0 Å². The number of nitrogens with zero attached hydrogens (tertiary/aromatic N) is 1. The minimum absolute atomic E-state index is 0.0294. The quantitative estimate of drug-likeness (QED) is 0.743. The van der Waals surface area contributed by atoms with Gasteiger partial charge in [-0.05, 0) is 42.7 Å². The lowest BCUT2D eigenvalue weighted by atomic mass is 10.1. The molecule has 1 heterocycles. The molecule has 0 unspecified atom stereocenters. The highest BCUT2D eigenvalue weighted by Gasteiger charge is 2.21. The summed E-state index contributed by atoms with van der Waals surface area (Å²) in [4.78, 5) is 13.7. The maximum Gasteiger partial charge on any atom is 0.337 e. The number of nitrogens with one attached hydrogen (secondary N) is 1. The Kier molecular flexibility index (Phi) is 6.04. The summed E-state index contributed by atoms with van der Waals surface area (Å²) in [5.74, 6) is -0.576. The second-order valence-electron chi connectivity index (χ2n) is 6.28. The van der Waals surface area contributed by atoms with Crippen LogP contribution in [0.3, 0.4) is 0 Å². The zero-order chi connectivity index (χ0) is 19.4. The summed E-state index contributed by atoms with van der Waals surface area (Å²) in [7, 11) is -2.58.